The molecule has 0 radical (unpaired) electrons. The van der Waals surface area contributed by atoms with E-state index in [9.17, 15) is 4.79 Å². The Morgan fingerprint density at radius 1 is 1.53 bits per heavy atom. The van der Waals surface area contributed by atoms with Crippen molar-refractivity contribution in [3.05, 3.63) is 40.4 Å². The van der Waals surface area contributed by atoms with Crippen molar-refractivity contribution < 1.29 is 9.53 Å². The maximum absolute atomic E-state index is 11.3. The first-order valence-electron chi connectivity index (χ1n) is 4.33. The molecule has 0 saturated carbocycles. The molecule has 1 aromatic rings. The van der Waals surface area contributed by atoms with Crippen molar-refractivity contribution in [2.45, 2.75) is 6.92 Å². The molecule has 0 amide bonds. The maximum atomic E-state index is 11.3. The van der Waals surface area contributed by atoms with E-state index in [4.69, 9.17) is 27.9 Å². The normalized spacial score (nSPS) is 10.6. The van der Waals surface area contributed by atoms with Crippen LogP contribution in [0.1, 0.15) is 17.3 Å². The SMILES string of the molecule is CC(=O)c1cc(Cl)ccc1OCC=CCl. The Bertz CT molecular complexity index is 386. The Labute approximate surface area is 98.4 Å². The fourth-order valence-corrected chi connectivity index (χ4v) is 1.32. The van der Waals surface area contributed by atoms with E-state index in [-0.39, 0.29) is 5.78 Å². The third kappa shape index (κ3) is 3.57. The average Bonchev–Trinajstić information content (AvgIpc) is 2.20. The summed E-state index contributed by atoms with van der Waals surface area (Å²) in [6.45, 7) is 1.79. The molecule has 0 atom stereocenters. The number of Topliss-reactive ketones (excluding diaryl/α,β-unsaturated/α-hetero) is 1. The summed E-state index contributed by atoms with van der Waals surface area (Å²) in [4.78, 5) is 11.3. The molecule has 0 N–H and O–H groups in total. The van der Waals surface area contributed by atoms with E-state index in [1.54, 1.807) is 24.3 Å². The predicted octanol–water partition coefficient (Wildman–Crippen LogP) is 3.67. The number of benzene rings is 1. The van der Waals surface area contributed by atoms with Crippen LogP contribution in [-0.2, 0) is 0 Å². The fourth-order valence-electron chi connectivity index (χ4n) is 1.08. The number of rotatable bonds is 4. The van der Waals surface area contributed by atoms with Gasteiger partial charge < -0.3 is 4.74 Å². The van der Waals surface area contributed by atoms with E-state index in [0.717, 1.165) is 0 Å². The highest BCUT2D eigenvalue weighted by molar-refractivity contribution is 6.31. The van der Waals surface area contributed by atoms with Crippen LogP contribution in [0.2, 0.25) is 5.02 Å². The summed E-state index contributed by atoms with van der Waals surface area (Å²) >= 11 is 11.1. The van der Waals surface area contributed by atoms with Crippen molar-refractivity contribution in [1.82, 2.24) is 0 Å². The van der Waals surface area contributed by atoms with Gasteiger partial charge in [0.1, 0.15) is 12.4 Å². The minimum Gasteiger partial charge on any atom is -0.489 e. The average molecular weight is 245 g/mol. The van der Waals surface area contributed by atoms with Gasteiger partial charge >= 0.3 is 0 Å². The lowest BCUT2D eigenvalue weighted by molar-refractivity contribution is 0.101. The minimum atomic E-state index is -0.0812. The number of hydrogen-bond donors (Lipinski definition) is 0. The highest BCUT2D eigenvalue weighted by Crippen LogP contribution is 2.23. The Hall–Kier alpha value is -0.990. The Morgan fingerprint density at radius 2 is 2.27 bits per heavy atom. The van der Waals surface area contributed by atoms with Gasteiger partial charge in [0.15, 0.2) is 5.78 Å². The lowest BCUT2D eigenvalue weighted by Crippen LogP contribution is -2.01. The molecule has 0 unspecified atom stereocenters. The van der Waals surface area contributed by atoms with Crippen molar-refractivity contribution in [2.75, 3.05) is 6.61 Å². The van der Waals surface area contributed by atoms with Gasteiger partial charge in [0, 0.05) is 10.6 Å². The van der Waals surface area contributed by atoms with E-state index < -0.39 is 0 Å². The zero-order valence-corrected chi connectivity index (χ0v) is 9.68. The van der Waals surface area contributed by atoms with Crippen LogP contribution in [0.25, 0.3) is 0 Å². The van der Waals surface area contributed by atoms with E-state index >= 15 is 0 Å². The van der Waals surface area contributed by atoms with Crippen molar-refractivity contribution in [1.29, 1.82) is 0 Å². The first-order chi connectivity index (χ1) is 7.15. The molecule has 1 rings (SSSR count). The molecule has 0 aliphatic heterocycles. The topological polar surface area (TPSA) is 26.3 Å². The summed E-state index contributed by atoms with van der Waals surface area (Å²) < 4.78 is 5.34. The molecule has 2 nitrogen and oxygen atoms in total. The molecule has 1 aromatic carbocycles. The number of ketones is 1. The Morgan fingerprint density at radius 3 is 2.87 bits per heavy atom. The minimum absolute atomic E-state index is 0.0812. The summed E-state index contributed by atoms with van der Waals surface area (Å²) in [7, 11) is 0. The first kappa shape index (κ1) is 12.1. The van der Waals surface area contributed by atoms with Crippen LogP contribution >= 0.6 is 23.2 Å². The van der Waals surface area contributed by atoms with E-state index in [1.807, 2.05) is 0 Å². The van der Waals surface area contributed by atoms with Gasteiger partial charge in [0.2, 0.25) is 0 Å². The zero-order chi connectivity index (χ0) is 11.3. The second-order valence-electron chi connectivity index (χ2n) is 2.87. The molecule has 0 saturated heterocycles. The third-order valence-corrected chi connectivity index (χ3v) is 2.16. The summed E-state index contributed by atoms with van der Waals surface area (Å²) in [5, 5.41) is 0.514. The smallest absolute Gasteiger partial charge is 0.163 e. The second-order valence-corrected chi connectivity index (χ2v) is 3.56. The van der Waals surface area contributed by atoms with Crippen LogP contribution in [0.5, 0.6) is 5.75 Å². The van der Waals surface area contributed by atoms with E-state index in [2.05, 4.69) is 0 Å². The molecule has 80 valence electrons. The zero-order valence-electron chi connectivity index (χ0n) is 8.17. The van der Waals surface area contributed by atoms with Crippen LogP contribution in [0.3, 0.4) is 0 Å². The lowest BCUT2D eigenvalue weighted by Gasteiger charge is -2.07. The predicted molar refractivity (Wildman–Crippen MR) is 61.9 cm³/mol. The van der Waals surface area contributed by atoms with Gasteiger partial charge in [0.05, 0.1) is 5.56 Å². The molecule has 4 heteroatoms. The highest BCUT2D eigenvalue weighted by Gasteiger charge is 2.08. The fraction of sp³-hybridized carbons (Fsp3) is 0.182. The van der Waals surface area contributed by atoms with Crippen molar-refractivity contribution in [2.24, 2.45) is 0 Å². The maximum Gasteiger partial charge on any atom is 0.163 e. The number of halogens is 2. The summed E-state index contributed by atoms with van der Waals surface area (Å²) in [5.41, 5.74) is 1.84. The molecule has 0 aliphatic rings. The third-order valence-electron chi connectivity index (χ3n) is 1.75. The van der Waals surface area contributed by atoms with Crippen LogP contribution in [0.15, 0.2) is 29.8 Å². The van der Waals surface area contributed by atoms with E-state index in [1.165, 1.54) is 12.5 Å². The van der Waals surface area contributed by atoms with E-state index in [0.29, 0.717) is 22.9 Å². The largest absolute Gasteiger partial charge is 0.489 e. The molecule has 0 bridgehead atoms. The van der Waals surface area contributed by atoms with Crippen LogP contribution < -0.4 is 4.74 Å². The number of hydrogen-bond acceptors (Lipinski definition) is 2. The summed E-state index contributed by atoms with van der Waals surface area (Å²) in [5.74, 6) is 0.434. The standard InChI is InChI=1S/C11H10Cl2O2/c1-8(14)10-7-9(13)3-4-11(10)15-6-2-5-12/h2-5,7H,6H2,1H3. The van der Waals surface area contributed by atoms with Crippen LogP contribution in [0, 0.1) is 0 Å². The Kier molecular flexibility index (Phi) is 4.66. The molecule has 15 heavy (non-hydrogen) atoms. The number of carbonyl (C=O) groups excluding carboxylic acids is 1. The van der Waals surface area contributed by atoms with Gasteiger partial charge in [-0.3, -0.25) is 4.79 Å². The molecule has 0 fully saturated rings. The monoisotopic (exact) mass is 244 g/mol. The quantitative estimate of drug-likeness (QED) is 0.756. The van der Waals surface area contributed by atoms with Crippen molar-refractivity contribution in [3.63, 3.8) is 0 Å². The van der Waals surface area contributed by atoms with Gasteiger partial charge in [-0.2, -0.15) is 0 Å². The second kappa shape index (κ2) is 5.79. The van der Waals surface area contributed by atoms with Gasteiger partial charge in [-0.05, 0) is 31.2 Å². The van der Waals surface area contributed by atoms with Crippen LogP contribution in [0.4, 0.5) is 0 Å². The van der Waals surface area contributed by atoms with Gasteiger partial charge in [-0.1, -0.05) is 23.2 Å². The number of carbonyl (C=O) groups is 1. The molecular weight excluding hydrogens is 235 g/mol. The van der Waals surface area contributed by atoms with Gasteiger partial charge in [0.25, 0.3) is 0 Å². The van der Waals surface area contributed by atoms with Crippen molar-refractivity contribution >= 4 is 29.0 Å². The molecule has 0 heterocycles. The molecule has 0 aromatic heterocycles. The van der Waals surface area contributed by atoms with Gasteiger partial charge in [-0.15, -0.1) is 0 Å². The summed E-state index contributed by atoms with van der Waals surface area (Å²) in [6.07, 6.45) is 1.64. The van der Waals surface area contributed by atoms with Gasteiger partial charge in [-0.25, -0.2) is 0 Å². The number of ether oxygens (including phenoxy) is 1. The molecular formula is C11H10Cl2O2. The van der Waals surface area contributed by atoms with Crippen LogP contribution in [-0.4, -0.2) is 12.4 Å². The highest BCUT2D eigenvalue weighted by atomic mass is 35.5. The first-order valence-corrected chi connectivity index (χ1v) is 5.15. The molecule has 0 aliphatic carbocycles. The molecule has 0 spiro atoms. The Balaban J connectivity index is 2.90. The lowest BCUT2D eigenvalue weighted by atomic mass is 10.1. The summed E-state index contributed by atoms with van der Waals surface area (Å²) in [6, 6.07) is 4.93. The van der Waals surface area contributed by atoms with Crippen molar-refractivity contribution in [3.8, 4) is 5.75 Å².